The normalized spacial score (nSPS) is 12.1. The number of hydrogen-bond acceptors (Lipinski definition) is 3. The molecule has 0 unspecified atom stereocenters. The predicted molar refractivity (Wildman–Crippen MR) is 65.9 cm³/mol. The van der Waals surface area contributed by atoms with Crippen LogP contribution in [-0.4, -0.2) is 23.4 Å². The molecular formula is C12H13F3N2O3. The molecule has 0 saturated carbocycles. The number of anilines is 1. The third kappa shape index (κ3) is 3.06. The van der Waals surface area contributed by atoms with Crippen molar-refractivity contribution in [3.05, 3.63) is 39.9 Å². The lowest BCUT2D eigenvalue weighted by atomic mass is 10.0. The summed E-state index contributed by atoms with van der Waals surface area (Å²) in [7, 11) is 1.27. The van der Waals surface area contributed by atoms with E-state index in [0.29, 0.717) is 0 Å². The summed E-state index contributed by atoms with van der Waals surface area (Å²) in [6, 6.07) is 3.82. The highest BCUT2D eigenvalue weighted by molar-refractivity contribution is 5.98. The van der Waals surface area contributed by atoms with Crippen molar-refractivity contribution in [2.24, 2.45) is 0 Å². The van der Waals surface area contributed by atoms with Crippen LogP contribution in [0.2, 0.25) is 0 Å². The highest BCUT2D eigenvalue weighted by Crippen LogP contribution is 2.30. The topological polar surface area (TPSA) is 63.5 Å². The second-order valence-corrected chi connectivity index (χ2v) is 4.72. The molecule has 0 aliphatic heterocycles. The van der Waals surface area contributed by atoms with Crippen molar-refractivity contribution in [2.45, 2.75) is 25.6 Å². The second-order valence-electron chi connectivity index (χ2n) is 4.72. The average molecular weight is 290 g/mol. The number of likely N-dealkylation sites (N-methyl/N-ethyl adjacent to an activating group) is 1. The Balaban J connectivity index is 3.02. The highest BCUT2D eigenvalue weighted by atomic mass is 19.4. The summed E-state index contributed by atoms with van der Waals surface area (Å²) in [6.45, 7) is 2.27. The lowest BCUT2D eigenvalue weighted by molar-refractivity contribution is -0.542. The molecule has 110 valence electrons. The number of halogens is 3. The average Bonchev–Trinajstić information content (AvgIpc) is 2.35. The van der Waals surface area contributed by atoms with Crippen molar-refractivity contribution in [1.29, 1.82) is 0 Å². The molecule has 0 heterocycles. The standard InChI is InChI=1S/C12H13F3N2O3/c1-11(2,17(19)20)10(18)16(3)9-6-4-8(5-7-9)12(13,14)15/h4-7H,1-3H3. The summed E-state index contributed by atoms with van der Waals surface area (Å²) >= 11 is 0. The fourth-order valence-electron chi connectivity index (χ4n) is 1.48. The van der Waals surface area contributed by atoms with Gasteiger partial charge < -0.3 is 4.90 Å². The van der Waals surface area contributed by atoms with E-state index in [0.717, 1.165) is 43.0 Å². The van der Waals surface area contributed by atoms with Gasteiger partial charge in [-0.3, -0.25) is 14.9 Å². The van der Waals surface area contributed by atoms with Gasteiger partial charge in [0.25, 0.3) is 5.54 Å². The molecule has 0 N–H and O–H groups in total. The van der Waals surface area contributed by atoms with E-state index < -0.39 is 28.1 Å². The summed E-state index contributed by atoms with van der Waals surface area (Å²) in [4.78, 5) is 23.0. The van der Waals surface area contributed by atoms with Gasteiger partial charge in [-0.15, -0.1) is 0 Å². The Morgan fingerprint density at radius 1 is 1.20 bits per heavy atom. The first-order valence-electron chi connectivity index (χ1n) is 5.58. The number of alkyl halides is 3. The zero-order chi connectivity index (χ0) is 15.7. The van der Waals surface area contributed by atoms with Gasteiger partial charge in [-0.25, -0.2) is 0 Å². The predicted octanol–water partition coefficient (Wildman–Crippen LogP) is 2.72. The van der Waals surface area contributed by atoms with Gasteiger partial charge in [0, 0.05) is 31.5 Å². The van der Waals surface area contributed by atoms with Crippen LogP contribution in [0.3, 0.4) is 0 Å². The van der Waals surface area contributed by atoms with Crippen LogP contribution in [0.25, 0.3) is 0 Å². The first-order valence-corrected chi connectivity index (χ1v) is 5.58. The number of amides is 1. The smallest absolute Gasteiger partial charge is 0.309 e. The van der Waals surface area contributed by atoms with Gasteiger partial charge >= 0.3 is 12.1 Å². The largest absolute Gasteiger partial charge is 0.416 e. The Kier molecular flexibility index (Phi) is 4.07. The number of benzene rings is 1. The monoisotopic (exact) mass is 290 g/mol. The van der Waals surface area contributed by atoms with Crippen molar-refractivity contribution < 1.29 is 22.9 Å². The van der Waals surface area contributed by atoms with Crippen LogP contribution >= 0.6 is 0 Å². The zero-order valence-corrected chi connectivity index (χ0v) is 11.1. The number of rotatable bonds is 3. The summed E-state index contributed by atoms with van der Waals surface area (Å²) < 4.78 is 37.2. The van der Waals surface area contributed by atoms with Gasteiger partial charge in [-0.2, -0.15) is 13.2 Å². The highest BCUT2D eigenvalue weighted by Gasteiger charge is 2.42. The Labute approximate surface area is 113 Å². The molecular weight excluding hydrogens is 277 g/mol. The van der Waals surface area contributed by atoms with Crippen molar-refractivity contribution >= 4 is 11.6 Å². The van der Waals surface area contributed by atoms with E-state index in [2.05, 4.69) is 0 Å². The van der Waals surface area contributed by atoms with E-state index in [1.54, 1.807) is 0 Å². The van der Waals surface area contributed by atoms with Gasteiger partial charge in [0.05, 0.1) is 5.56 Å². The lowest BCUT2D eigenvalue weighted by Crippen LogP contribution is -2.48. The molecule has 1 aromatic carbocycles. The van der Waals surface area contributed by atoms with Crippen molar-refractivity contribution in [2.75, 3.05) is 11.9 Å². The molecule has 1 amide bonds. The van der Waals surface area contributed by atoms with Gasteiger partial charge in [-0.05, 0) is 24.3 Å². The molecule has 0 fully saturated rings. The molecule has 0 radical (unpaired) electrons. The Morgan fingerprint density at radius 2 is 1.65 bits per heavy atom. The van der Waals surface area contributed by atoms with Gasteiger partial charge in [0.2, 0.25) is 0 Å². The molecule has 0 spiro atoms. The molecule has 0 aromatic heterocycles. The molecule has 0 atom stereocenters. The molecule has 1 rings (SSSR count). The van der Waals surface area contributed by atoms with Crippen LogP contribution in [0.1, 0.15) is 19.4 Å². The third-order valence-corrected chi connectivity index (χ3v) is 2.87. The summed E-state index contributed by atoms with van der Waals surface area (Å²) in [6.07, 6.45) is -4.47. The minimum Gasteiger partial charge on any atom is -0.309 e. The molecule has 0 aliphatic rings. The van der Waals surface area contributed by atoms with Gasteiger partial charge in [-0.1, -0.05) is 0 Å². The molecule has 0 bridgehead atoms. The number of carbonyl (C=O) groups excluding carboxylic acids is 1. The van der Waals surface area contributed by atoms with E-state index in [1.807, 2.05) is 0 Å². The van der Waals surface area contributed by atoms with E-state index >= 15 is 0 Å². The number of carbonyl (C=O) groups is 1. The third-order valence-electron chi connectivity index (χ3n) is 2.87. The number of nitro groups is 1. The number of hydrogen-bond donors (Lipinski definition) is 0. The first-order chi connectivity index (χ1) is 8.98. The maximum Gasteiger partial charge on any atom is 0.416 e. The SMILES string of the molecule is CN(C(=O)C(C)(C)[N+](=O)[O-])c1ccc(C(F)(F)F)cc1. The van der Waals surface area contributed by atoms with E-state index in [9.17, 15) is 28.1 Å². The maximum atomic E-state index is 12.4. The summed E-state index contributed by atoms with van der Waals surface area (Å²) in [5, 5.41) is 10.8. The van der Waals surface area contributed by atoms with Crippen molar-refractivity contribution in [1.82, 2.24) is 0 Å². The van der Waals surface area contributed by atoms with Gasteiger partial charge in [0.1, 0.15) is 0 Å². The van der Waals surface area contributed by atoms with E-state index in [1.165, 1.54) is 7.05 Å². The summed E-state index contributed by atoms with van der Waals surface area (Å²) in [5.74, 6) is -0.817. The van der Waals surface area contributed by atoms with E-state index in [-0.39, 0.29) is 5.69 Å². The second kappa shape index (κ2) is 5.10. The molecule has 0 aliphatic carbocycles. The van der Waals surface area contributed by atoms with Crippen LogP contribution < -0.4 is 4.90 Å². The molecule has 0 saturated heterocycles. The van der Waals surface area contributed by atoms with Crippen LogP contribution in [0.4, 0.5) is 18.9 Å². The fourth-order valence-corrected chi connectivity index (χ4v) is 1.48. The summed E-state index contributed by atoms with van der Waals surface area (Å²) in [5.41, 5.74) is -2.55. The Hall–Kier alpha value is -2.12. The van der Waals surface area contributed by atoms with E-state index in [4.69, 9.17) is 0 Å². The van der Waals surface area contributed by atoms with Crippen LogP contribution in [0, 0.1) is 10.1 Å². The Bertz CT molecular complexity index is 524. The van der Waals surface area contributed by atoms with Crippen molar-refractivity contribution in [3.8, 4) is 0 Å². The Morgan fingerprint density at radius 3 is 2.00 bits per heavy atom. The lowest BCUT2D eigenvalue weighted by Gasteiger charge is -2.23. The molecule has 20 heavy (non-hydrogen) atoms. The minimum atomic E-state index is -4.47. The van der Waals surface area contributed by atoms with Gasteiger partial charge in [0.15, 0.2) is 0 Å². The molecule has 1 aromatic rings. The quantitative estimate of drug-likeness (QED) is 0.635. The number of nitrogens with zero attached hydrogens (tertiary/aromatic N) is 2. The molecule has 8 heteroatoms. The van der Waals surface area contributed by atoms with Crippen LogP contribution in [0.5, 0.6) is 0 Å². The minimum absolute atomic E-state index is 0.151. The molecule has 5 nitrogen and oxygen atoms in total. The van der Waals surface area contributed by atoms with Crippen LogP contribution in [-0.2, 0) is 11.0 Å². The van der Waals surface area contributed by atoms with Crippen LogP contribution in [0.15, 0.2) is 24.3 Å². The van der Waals surface area contributed by atoms with Crippen molar-refractivity contribution in [3.63, 3.8) is 0 Å². The first kappa shape index (κ1) is 15.9. The fraction of sp³-hybridized carbons (Fsp3) is 0.417. The maximum absolute atomic E-state index is 12.4. The zero-order valence-electron chi connectivity index (χ0n) is 11.1.